The van der Waals surface area contributed by atoms with Crippen molar-refractivity contribution < 1.29 is 32.9 Å². The Balaban J connectivity index is 4.30. The highest BCUT2D eigenvalue weighted by atomic mass is 31.2. The number of unbranched alkanes of at least 4 members (excludes halogenated alkanes) is 24. The van der Waals surface area contributed by atoms with Crippen LogP contribution in [0.2, 0.25) is 0 Å². The number of nitrogens with zero attached hydrogens (tertiary/aromatic N) is 1. The summed E-state index contributed by atoms with van der Waals surface area (Å²) in [7, 11) is 1.26. The van der Waals surface area contributed by atoms with E-state index in [2.05, 4.69) is 19.2 Å². The van der Waals surface area contributed by atoms with Crippen LogP contribution in [0.4, 0.5) is 0 Å². The number of carbonyl (C=O) groups is 1. The van der Waals surface area contributed by atoms with Crippen LogP contribution in [0.5, 0.6) is 0 Å². The minimum absolute atomic E-state index is 0.00141. The van der Waals surface area contributed by atoms with Crippen LogP contribution in [0, 0.1) is 0 Å². The van der Waals surface area contributed by atoms with Crippen molar-refractivity contribution in [3.63, 3.8) is 0 Å². The number of rotatable bonds is 37. The van der Waals surface area contributed by atoms with Crippen molar-refractivity contribution in [3.8, 4) is 0 Å². The molecule has 49 heavy (non-hydrogen) atoms. The summed E-state index contributed by atoms with van der Waals surface area (Å²) in [6.45, 7) is 4.60. The molecule has 0 aliphatic carbocycles. The topological polar surface area (TPSA) is 108 Å². The molecule has 2 N–H and O–H groups in total. The number of amides is 1. The maximum absolute atomic E-state index is 12.7. The van der Waals surface area contributed by atoms with Crippen LogP contribution in [-0.4, -0.2) is 68.5 Å². The molecule has 1 amide bonds. The fourth-order valence-corrected chi connectivity index (χ4v) is 6.64. The second-order valence-corrected chi connectivity index (χ2v) is 16.8. The highest BCUT2D eigenvalue weighted by Crippen LogP contribution is 2.38. The minimum Gasteiger partial charge on any atom is -0.756 e. The number of phosphoric ester groups is 1. The van der Waals surface area contributed by atoms with Gasteiger partial charge in [0, 0.05) is 6.42 Å². The number of aliphatic hydroxyl groups is 1. The molecule has 0 bridgehead atoms. The third-order valence-electron chi connectivity index (χ3n) is 9.25. The van der Waals surface area contributed by atoms with Crippen LogP contribution in [0.25, 0.3) is 0 Å². The van der Waals surface area contributed by atoms with E-state index in [1.165, 1.54) is 128 Å². The van der Waals surface area contributed by atoms with Gasteiger partial charge < -0.3 is 28.8 Å². The zero-order valence-electron chi connectivity index (χ0n) is 32.9. The van der Waals surface area contributed by atoms with Gasteiger partial charge in [0.15, 0.2) is 0 Å². The van der Waals surface area contributed by atoms with Gasteiger partial charge in [-0.15, -0.1) is 0 Å². The molecule has 0 heterocycles. The molecule has 0 saturated heterocycles. The van der Waals surface area contributed by atoms with Crippen LogP contribution >= 0.6 is 7.82 Å². The number of phosphoric acid groups is 1. The molecule has 9 heteroatoms. The van der Waals surface area contributed by atoms with Gasteiger partial charge in [-0.2, -0.15) is 0 Å². The average molecular weight is 717 g/mol. The molecule has 0 saturated carbocycles. The van der Waals surface area contributed by atoms with Gasteiger partial charge in [0.2, 0.25) is 5.91 Å². The molecule has 0 aromatic carbocycles. The highest BCUT2D eigenvalue weighted by Gasteiger charge is 2.23. The van der Waals surface area contributed by atoms with Crippen molar-refractivity contribution in [2.45, 2.75) is 199 Å². The first kappa shape index (κ1) is 48.2. The molecule has 0 spiro atoms. The Labute approximate surface area is 303 Å². The Morgan fingerprint density at radius 1 is 0.694 bits per heavy atom. The largest absolute Gasteiger partial charge is 0.756 e. The summed E-state index contributed by atoms with van der Waals surface area (Å²) in [4.78, 5) is 25.0. The number of aliphatic hydroxyl groups excluding tert-OH is 1. The average Bonchev–Trinajstić information content (AvgIpc) is 3.04. The number of carbonyl (C=O) groups excluding carboxylic acids is 1. The van der Waals surface area contributed by atoms with Crippen LogP contribution < -0.4 is 10.2 Å². The fraction of sp³-hybridized carbons (Fsp3) is 0.925. The molecular formula is C40H81N2O6P. The number of hydrogen-bond donors (Lipinski definition) is 2. The van der Waals surface area contributed by atoms with Crippen molar-refractivity contribution in [1.82, 2.24) is 5.32 Å². The van der Waals surface area contributed by atoms with Gasteiger partial charge >= 0.3 is 0 Å². The number of quaternary nitrogens is 1. The molecule has 8 nitrogen and oxygen atoms in total. The van der Waals surface area contributed by atoms with Crippen molar-refractivity contribution in [2.24, 2.45) is 0 Å². The van der Waals surface area contributed by atoms with Crippen molar-refractivity contribution >= 4 is 13.7 Å². The first-order chi connectivity index (χ1) is 23.5. The van der Waals surface area contributed by atoms with Crippen LogP contribution in [0.15, 0.2) is 12.2 Å². The van der Waals surface area contributed by atoms with E-state index in [0.29, 0.717) is 17.4 Å². The Morgan fingerprint density at radius 2 is 1.10 bits per heavy atom. The first-order valence-corrected chi connectivity index (χ1v) is 22.0. The molecule has 0 radical (unpaired) electrons. The molecule has 3 atom stereocenters. The first-order valence-electron chi connectivity index (χ1n) is 20.6. The number of hydrogen-bond acceptors (Lipinski definition) is 6. The van der Waals surface area contributed by atoms with E-state index in [0.717, 1.165) is 38.5 Å². The predicted molar refractivity (Wildman–Crippen MR) is 205 cm³/mol. The molecule has 0 rings (SSSR count). The summed E-state index contributed by atoms with van der Waals surface area (Å²) >= 11 is 0. The smallest absolute Gasteiger partial charge is 0.268 e. The summed E-state index contributed by atoms with van der Waals surface area (Å²) in [6.07, 6.45) is 35.6. The van der Waals surface area contributed by atoms with E-state index in [9.17, 15) is 19.4 Å². The van der Waals surface area contributed by atoms with Gasteiger partial charge in [0.25, 0.3) is 7.82 Å². The van der Waals surface area contributed by atoms with E-state index < -0.39 is 20.0 Å². The van der Waals surface area contributed by atoms with E-state index in [1.807, 2.05) is 27.2 Å². The van der Waals surface area contributed by atoms with E-state index in [1.54, 1.807) is 6.08 Å². The summed E-state index contributed by atoms with van der Waals surface area (Å²) in [5, 5.41) is 13.7. The van der Waals surface area contributed by atoms with Gasteiger partial charge in [-0.25, -0.2) is 0 Å². The van der Waals surface area contributed by atoms with Gasteiger partial charge in [0.1, 0.15) is 13.2 Å². The van der Waals surface area contributed by atoms with E-state index in [-0.39, 0.29) is 19.1 Å². The third kappa shape index (κ3) is 35.4. The summed E-state index contributed by atoms with van der Waals surface area (Å²) in [6, 6.07) is -0.877. The SMILES string of the molecule is CCCCCCCCCCCCCCCCCCCC/C=C/C(O)C(COP(=O)([O-])OCC[N+](C)(C)C)NC(=O)CCCCCCCCC. The Morgan fingerprint density at radius 3 is 1.53 bits per heavy atom. The lowest BCUT2D eigenvalue weighted by atomic mass is 10.0. The number of nitrogens with one attached hydrogen (secondary N) is 1. The molecule has 292 valence electrons. The molecule has 0 aliphatic heterocycles. The van der Waals surface area contributed by atoms with Crippen molar-refractivity contribution in [2.75, 3.05) is 40.9 Å². The normalized spacial score (nSPS) is 14.7. The van der Waals surface area contributed by atoms with E-state index >= 15 is 0 Å². The Hall–Kier alpha value is -0.760. The standard InChI is InChI=1S/C40H81N2O6P/c1-6-8-10-12-14-15-16-17-18-19-20-21-22-23-24-25-26-28-29-31-33-39(43)38(37-48-49(45,46)47-36-35-42(3,4)5)41-40(44)34-32-30-27-13-11-9-7-2/h31,33,38-39,43H,6-30,32,34-37H2,1-5H3,(H-,41,44,45,46)/b33-31+. The Kier molecular flexibility index (Phi) is 32.6. The van der Waals surface area contributed by atoms with Crippen LogP contribution in [0.1, 0.15) is 187 Å². The van der Waals surface area contributed by atoms with Gasteiger partial charge in [-0.3, -0.25) is 9.36 Å². The van der Waals surface area contributed by atoms with Gasteiger partial charge in [-0.1, -0.05) is 174 Å². The molecule has 3 unspecified atom stereocenters. The maximum Gasteiger partial charge on any atom is 0.268 e. The number of likely N-dealkylation sites (N-methyl/N-ethyl adjacent to an activating group) is 1. The molecule has 0 aromatic heterocycles. The zero-order chi connectivity index (χ0) is 36.5. The molecule has 0 fully saturated rings. The quantitative estimate of drug-likeness (QED) is 0.0287. The second-order valence-electron chi connectivity index (χ2n) is 15.4. The van der Waals surface area contributed by atoms with Crippen molar-refractivity contribution in [1.29, 1.82) is 0 Å². The van der Waals surface area contributed by atoms with E-state index in [4.69, 9.17) is 9.05 Å². The monoisotopic (exact) mass is 717 g/mol. The van der Waals surface area contributed by atoms with Crippen LogP contribution in [0.3, 0.4) is 0 Å². The van der Waals surface area contributed by atoms with Gasteiger partial charge in [0.05, 0.1) is 39.9 Å². The lowest BCUT2D eigenvalue weighted by Gasteiger charge is -2.29. The lowest BCUT2D eigenvalue weighted by molar-refractivity contribution is -0.870. The zero-order valence-corrected chi connectivity index (χ0v) is 33.8. The third-order valence-corrected chi connectivity index (χ3v) is 10.2. The van der Waals surface area contributed by atoms with Crippen LogP contribution in [-0.2, 0) is 18.4 Å². The second kappa shape index (κ2) is 33.1. The lowest BCUT2D eigenvalue weighted by Crippen LogP contribution is -2.45. The predicted octanol–water partition coefficient (Wildman–Crippen LogP) is 10.2. The number of allylic oxidation sites excluding steroid dienone is 1. The molecular weight excluding hydrogens is 635 g/mol. The summed E-state index contributed by atoms with van der Waals surface area (Å²) in [5.41, 5.74) is 0. The summed E-state index contributed by atoms with van der Waals surface area (Å²) < 4.78 is 23.1. The van der Waals surface area contributed by atoms with Crippen molar-refractivity contribution in [3.05, 3.63) is 12.2 Å². The highest BCUT2D eigenvalue weighted by molar-refractivity contribution is 7.45. The fourth-order valence-electron chi connectivity index (χ4n) is 5.92. The summed E-state index contributed by atoms with van der Waals surface area (Å²) in [5.74, 6) is -0.204. The molecule has 0 aromatic rings. The maximum atomic E-state index is 12.7. The van der Waals surface area contributed by atoms with Gasteiger partial charge in [-0.05, 0) is 19.3 Å². The minimum atomic E-state index is -4.57. The molecule has 0 aliphatic rings. The Bertz CT molecular complexity index is 819.